The number of nitrogens with zero attached hydrogens (tertiary/aromatic N) is 1. The Morgan fingerprint density at radius 3 is 2.81 bits per heavy atom. The summed E-state index contributed by atoms with van der Waals surface area (Å²) in [4.78, 5) is 13.8. The minimum absolute atomic E-state index is 0.0108. The van der Waals surface area contributed by atoms with Gasteiger partial charge >= 0.3 is 0 Å². The van der Waals surface area contributed by atoms with E-state index in [0.717, 1.165) is 11.3 Å². The summed E-state index contributed by atoms with van der Waals surface area (Å²) in [6.07, 6.45) is 0.183. The van der Waals surface area contributed by atoms with Gasteiger partial charge in [-0.25, -0.2) is 0 Å². The molecular formula is C13H17NO2. The second kappa shape index (κ2) is 4.26. The van der Waals surface area contributed by atoms with E-state index in [1.807, 2.05) is 38.1 Å². The highest BCUT2D eigenvalue weighted by atomic mass is 16.3. The predicted octanol–water partition coefficient (Wildman–Crippen LogP) is 2.11. The smallest absolute Gasteiger partial charge is 0.229 e. The van der Waals surface area contributed by atoms with Crippen LogP contribution in [0.4, 0.5) is 5.69 Å². The molecule has 0 saturated heterocycles. The van der Waals surface area contributed by atoms with Crippen LogP contribution in [0, 0.1) is 5.92 Å². The highest BCUT2D eigenvalue weighted by Gasteiger charge is 2.28. The number of carbonyl (C=O) groups excluding carboxylic acids is 1. The van der Waals surface area contributed by atoms with Crippen LogP contribution in [0.2, 0.25) is 0 Å². The van der Waals surface area contributed by atoms with Gasteiger partial charge in [0.2, 0.25) is 5.91 Å². The quantitative estimate of drug-likeness (QED) is 0.786. The van der Waals surface area contributed by atoms with E-state index in [1.165, 1.54) is 0 Å². The monoisotopic (exact) mass is 219 g/mol. The zero-order chi connectivity index (χ0) is 11.7. The molecule has 1 aliphatic heterocycles. The fourth-order valence-electron chi connectivity index (χ4n) is 2.08. The molecule has 0 fully saturated rings. The van der Waals surface area contributed by atoms with Gasteiger partial charge in [0.05, 0.1) is 6.10 Å². The molecular weight excluding hydrogens is 202 g/mol. The van der Waals surface area contributed by atoms with Crippen molar-refractivity contribution in [1.29, 1.82) is 0 Å². The van der Waals surface area contributed by atoms with E-state index in [0.29, 0.717) is 13.0 Å². The number of hydrogen-bond donors (Lipinski definition) is 1. The van der Waals surface area contributed by atoms with Gasteiger partial charge in [-0.2, -0.15) is 0 Å². The molecule has 1 aliphatic rings. The Bertz CT molecular complexity index is 401. The van der Waals surface area contributed by atoms with Crippen LogP contribution >= 0.6 is 0 Å². The second-order valence-electron chi connectivity index (χ2n) is 4.51. The lowest BCUT2D eigenvalue weighted by Crippen LogP contribution is -2.39. The third kappa shape index (κ3) is 1.83. The van der Waals surface area contributed by atoms with Gasteiger partial charge in [0.15, 0.2) is 0 Å². The number of carbonyl (C=O) groups is 1. The van der Waals surface area contributed by atoms with E-state index in [-0.39, 0.29) is 11.8 Å². The summed E-state index contributed by atoms with van der Waals surface area (Å²) in [6.45, 7) is 4.40. The van der Waals surface area contributed by atoms with Gasteiger partial charge in [0.1, 0.15) is 0 Å². The molecule has 1 atom stereocenters. The second-order valence-corrected chi connectivity index (χ2v) is 4.51. The van der Waals surface area contributed by atoms with E-state index < -0.39 is 6.10 Å². The summed E-state index contributed by atoms with van der Waals surface area (Å²) in [6, 6.07) is 7.58. The first-order valence-corrected chi connectivity index (χ1v) is 5.69. The number of aliphatic hydroxyl groups is 1. The van der Waals surface area contributed by atoms with Gasteiger partial charge in [-0.15, -0.1) is 0 Å². The number of anilines is 1. The van der Waals surface area contributed by atoms with Crippen LogP contribution in [-0.4, -0.2) is 17.6 Å². The van der Waals surface area contributed by atoms with E-state index in [1.54, 1.807) is 4.90 Å². The minimum atomic E-state index is -0.438. The molecule has 0 aromatic heterocycles. The molecule has 0 radical (unpaired) electrons. The average Bonchev–Trinajstić information content (AvgIpc) is 2.29. The maximum absolute atomic E-state index is 12.0. The summed E-state index contributed by atoms with van der Waals surface area (Å²) in [5.41, 5.74) is 1.72. The van der Waals surface area contributed by atoms with Crippen molar-refractivity contribution in [1.82, 2.24) is 0 Å². The number of benzene rings is 1. The summed E-state index contributed by atoms with van der Waals surface area (Å²) in [7, 11) is 0. The minimum Gasteiger partial charge on any atom is -0.388 e. The number of fused-ring (bicyclic) bond motifs is 1. The van der Waals surface area contributed by atoms with Crippen LogP contribution in [0.15, 0.2) is 24.3 Å². The van der Waals surface area contributed by atoms with Gasteiger partial charge in [0.25, 0.3) is 0 Å². The predicted molar refractivity (Wildman–Crippen MR) is 63.2 cm³/mol. The van der Waals surface area contributed by atoms with E-state index in [9.17, 15) is 9.90 Å². The molecule has 1 amide bonds. The fourth-order valence-corrected chi connectivity index (χ4v) is 2.08. The normalized spacial score (nSPS) is 19.8. The van der Waals surface area contributed by atoms with Crippen molar-refractivity contribution >= 4 is 11.6 Å². The molecule has 2 rings (SSSR count). The topological polar surface area (TPSA) is 40.5 Å². The van der Waals surface area contributed by atoms with Gasteiger partial charge in [0, 0.05) is 23.7 Å². The van der Waals surface area contributed by atoms with E-state index in [4.69, 9.17) is 0 Å². The van der Waals surface area contributed by atoms with Crippen molar-refractivity contribution < 1.29 is 9.90 Å². The molecule has 1 heterocycles. The summed E-state index contributed by atoms with van der Waals surface area (Å²) >= 11 is 0. The molecule has 3 nitrogen and oxygen atoms in total. The number of amides is 1. The van der Waals surface area contributed by atoms with Crippen LogP contribution in [0.1, 0.15) is 31.9 Å². The van der Waals surface area contributed by atoms with E-state index in [2.05, 4.69) is 0 Å². The summed E-state index contributed by atoms with van der Waals surface area (Å²) in [5.74, 6) is 0.114. The lowest BCUT2D eigenvalue weighted by molar-refractivity contribution is -0.121. The Hall–Kier alpha value is -1.35. The molecule has 86 valence electrons. The molecule has 0 aliphatic carbocycles. The molecule has 0 spiro atoms. The maximum Gasteiger partial charge on any atom is 0.229 e. The van der Waals surface area contributed by atoms with E-state index >= 15 is 0 Å². The number of hydrogen-bond acceptors (Lipinski definition) is 2. The van der Waals surface area contributed by atoms with Crippen molar-refractivity contribution in [3.8, 4) is 0 Å². The van der Waals surface area contributed by atoms with Crippen molar-refractivity contribution in [2.24, 2.45) is 5.92 Å². The highest BCUT2D eigenvalue weighted by molar-refractivity contribution is 5.95. The largest absolute Gasteiger partial charge is 0.388 e. The average molecular weight is 219 g/mol. The van der Waals surface area contributed by atoms with Crippen molar-refractivity contribution in [2.75, 3.05) is 11.4 Å². The third-order valence-corrected chi connectivity index (χ3v) is 2.97. The van der Waals surface area contributed by atoms with Crippen LogP contribution < -0.4 is 4.90 Å². The third-order valence-electron chi connectivity index (χ3n) is 2.97. The zero-order valence-electron chi connectivity index (χ0n) is 9.68. The molecule has 1 aromatic carbocycles. The molecule has 0 bridgehead atoms. The molecule has 3 heteroatoms. The fraction of sp³-hybridized carbons (Fsp3) is 0.462. The van der Waals surface area contributed by atoms with Gasteiger partial charge in [-0.3, -0.25) is 4.79 Å². The molecule has 0 unspecified atom stereocenters. The van der Waals surface area contributed by atoms with Gasteiger partial charge in [-0.1, -0.05) is 32.0 Å². The van der Waals surface area contributed by atoms with Crippen LogP contribution in [-0.2, 0) is 4.79 Å². The highest BCUT2D eigenvalue weighted by Crippen LogP contribution is 2.33. The van der Waals surface area contributed by atoms with Crippen LogP contribution in [0.5, 0.6) is 0 Å². The standard InChI is InChI=1S/C13H17NO2/c1-9(2)13(16)14-8-7-12(15)10-5-3-4-6-11(10)14/h3-6,9,12,15H,7-8H2,1-2H3/t12-/m0/s1. The van der Waals surface area contributed by atoms with Crippen molar-refractivity contribution in [2.45, 2.75) is 26.4 Å². The maximum atomic E-state index is 12.0. The van der Waals surface area contributed by atoms with Crippen molar-refractivity contribution in [3.63, 3.8) is 0 Å². The Morgan fingerprint density at radius 2 is 2.12 bits per heavy atom. The number of para-hydroxylation sites is 1. The Morgan fingerprint density at radius 1 is 1.44 bits per heavy atom. The molecule has 1 N–H and O–H groups in total. The Labute approximate surface area is 95.7 Å². The van der Waals surface area contributed by atoms with Crippen LogP contribution in [0.25, 0.3) is 0 Å². The van der Waals surface area contributed by atoms with Gasteiger partial charge < -0.3 is 10.0 Å². The molecule has 16 heavy (non-hydrogen) atoms. The first-order chi connectivity index (χ1) is 7.61. The first-order valence-electron chi connectivity index (χ1n) is 5.69. The lowest BCUT2D eigenvalue weighted by atomic mass is 9.98. The lowest BCUT2D eigenvalue weighted by Gasteiger charge is -2.33. The van der Waals surface area contributed by atoms with Crippen molar-refractivity contribution in [3.05, 3.63) is 29.8 Å². The number of aliphatic hydroxyl groups excluding tert-OH is 1. The number of rotatable bonds is 1. The summed E-state index contributed by atoms with van der Waals surface area (Å²) < 4.78 is 0. The zero-order valence-corrected chi connectivity index (χ0v) is 9.68. The molecule has 0 saturated carbocycles. The molecule has 1 aromatic rings. The first kappa shape index (κ1) is 11.1. The Balaban J connectivity index is 2.38. The van der Waals surface area contributed by atoms with Crippen LogP contribution in [0.3, 0.4) is 0 Å². The summed E-state index contributed by atoms with van der Waals surface area (Å²) in [5, 5.41) is 9.86. The Kier molecular flexibility index (Phi) is 2.97. The SMILES string of the molecule is CC(C)C(=O)N1CC[C@H](O)c2ccccc21. The van der Waals surface area contributed by atoms with Gasteiger partial charge in [-0.05, 0) is 12.5 Å².